The van der Waals surface area contributed by atoms with Gasteiger partial charge in [-0.2, -0.15) is 0 Å². The van der Waals surface area contributed by atoms with Crippen molar-refractivity contribution in [2.75, 3.05) is 0 Å². The average Bonchev–Trinajstić information content (AvgIpc) is 2.25. The average molecular weight is 380 g/mol. The number of aromatic nitrogens is 1. The molecule has 1 aromatic heterocycles. The van der Waals surface area contributed by atoms with Crippen molar-refractivity contribution in [1.82, 2.24) is 4.98 Å². The number of rotatable bonds is 2. The molecule has 0 aliphatic carbocycles. The Balaban J connectivity index is 2.31. The SMILES string of the molecule is Clc1cc(Br)cnc1Sc1ccccc1Br. The Labute approximate surface area is 120 Å². The summed E-state index contributed by atoms with van der Waals surface area (Å²) >= 11 is 14.5. The first-order chi connectivity index (χ1) is 7.66. The fraction of sp³-hybridized carbons (Fsp3) is 0. The van der Waals surface area contributed by atoms with E-state index in [0.717, 1.165) is 18.9 Å². The van der Waals surface area contributed by atoms with Gasteiger partial charge in [-0.05, 0) is 50.1 Å². The highest BCUT2D eigenvalue weighted by Gasteiger charge is 2.07. The zero-order valence-electron chi connectivity index (χ0n) is 7.95. The molecule has 1 aromatic carbocycles. The van der Waals surface area contributed by atoms with Gasteiger partial charge in [0.1, 0.15) is 5.03 Å². The summed E-state index contributed by atoms with van der Waals surface area (Å²) in [6.45, 7) is 0. The molecule has 0 fully saturated rings. The number of benzene rings is 1. The van der Waals surface area contributed by atoms with Crippen molar-refractivity contribution >= 4 is 55.2 Å². The monoisotopic (exact) mass is 377 g/mol. The van der Waals surface area contributed by atoms with Crippen LogP contribution in [0.1, 0.15) is 0 Å². The lowest BCUT2D eigenvalue weighted by Gasteiger charge is -2.05. The van der Waals surface area contributed by atoms with Crippen LogP contribution in [0.4, 0.5) is 0 Å². The highest BCUT2D eigenvalue weighted by atomic mass is 79.9. The Kier molecular flexibility index (Phi) is 4.30. The second-order valence-corrected chi connectivity index (χ2v) is 6.18. The van der Waals surface area contributed by atoms with E-state index in [1.54, 1.807) is 6.20 Å². The van der Waals surface area contributed by atoms with Crippen LogP contribution in [-0.2, 0) is 0 Å². The second-order valence-electron chi connectivity index (χ2n) is 2.97. The summed E-state index contributed by atoms with van der Waals surface area (Å²) < 4.78 is 1.93. The second kappa shape index (κ2) is 5.54. The third-order valence-electron chi connectivity index (χ3n) is 1.82. The lowest BCUT2D eigenvalue weighted by molar-refractivity contribution is 1.12. The van der Waals surface area contributed by atoms with E-state index in [1.807, 2.05) is 30.3 Å². The molecule has 0 unspecified atom stereocenters. The normalized spacial score (nSPS) is 10.4. The maximum Gasteiger partial charge on any atom is 0.119 e. The van der Waals surface area contributed by atoms with E-state index < -0.39 is 0 Å². The van der Waals surface area contributed by atoms with Gasteiger partial charge in [0.2, 0.25) is 0 Å². The van der Waals surface area contributed by atoms with Gasteiger partial charge in [-0.1, -0.05) is 35.5 Å². The van der Waals surface area contributed by atoms with Gasteiger partial charge in [0.05, 0.1) is 5.02 Å². The molecule has 5 heteroatoms. The van der Waals surface area contributed by atoms with E-state index in [-0.39, 0.29) is 0 Å². The standard InChI is InChI=1S/C11H6Br2ClNS/c12-7-5-9(14)11(15-6-7)16-10-4-2-1-3-8(10)13/h1-6H. The minimum Gasteiger partial charge on any atom is -0.247 e. The summed E-state index contributed by atoms with van der Waals surface area (Å²) in [6, 6.07) is 9.82. The molecule has 1 heterocycles. The largest absolute Gasteiger partial charge is 0.247 e. The number of pyridine rings is 1. The third-order valence-corrected chi connectivity index (χ3v) is 4.70. The lowest BCUT2D eigenvalue weighted by atomic mass is 10.4. The molecular weight excluding hydrogens is 373 g/mol. The van der Waals surface area contributed by atoms with Crippen molar-refractivity contribution in [2.24, 2.45) is 0 Å². The predicted octanol–water partition coefficient (Wildman–Crippen LogP) is 5.41. The summed E-state index contributed by atoms with van der Waals surface area (Å²) in [5, 5.41) is 1.45. The van der Waals surface area contributed by atoms with Crippen molar-refractivity contribution in [3.63, 3.8) is 0 Å². The molecule has 0 saturated carbocycles. The molecule has 0 bridgehead atoms. The van der Waals surface area contributed by atoms with Gasteiger partial charge in [-0.15, -0.1) is 0 Å². The van der Waals surface area contributed by atoms with Crippen LogP contribution in [0.5, 0.6) is 0 Å². The molecule has 0 aliphatic heterocycles. The Morgan fingerprint density at radius 1 is 1.19 bits per heavy atom. The first-order valence-corrected chi connectivity index (χ1v) is 7.18. The number of hydrogen-bond acceptors (Lipinski definition) is 2. The van der Waals surface area contributed by atoms with Crippen molar-refractivity contribution < 1.29 is 0 Å². The molecule has 2 aromatic rings. The number of hydrogen-bond donors (Lipinski definition) is 0. The molecule has 0 atom stereocenters. The van der Waals surface area contributed by atoms with Crippen molar-refractivity contribution in [3.8, 4) is 0 Å². The Morgan fingerprint density at radius 3 is 2.62 bits per heavy atom. The van der Waals surface area contributed by atoms with Crippen LogP contribution in [0.15, 0.2) is 55.4 Å². The Morgan fingerprint density at radius 2 is 1.94 bits per heavy atom. The van der Waals surface area contributed by atoms with Crippen LogP contribution in [0.25, 0.3) is 0 Å². The topological polar surface area (TPSA) is 12.9 Å². The maximum absolute atomic E-state index is 6.10. The van der Waals surface area contributed by atoms with Crippen LogP contribution in [0.2, 0.25) is 5.02 Å². The molecule has 2 rings (SSSR count). The third kappa shape index (κ3) is 3.00. The van der Waals surface area contributed by atoms with E-state index in [9.17, 15) is 0 Å². The quantitative estimate of drug-likeness (QED) is 0.692. The van der Waals surface area contributed by atoms with Gasteiger partial charge in [0.15, 0.2) is 0 Å². The van der Waals surface area contributed by atoms with Crippen LogP contribution in [0, 0.1) is 0 Å². The van der Waals surface area contributed by atoms with E-state index in [1.165, 1.54) is 11.8 Å². The van der Waals surface area contributed by atoms with Crippen molar-refractivity contribution in [2.45, 2.75) is 9.92 Å². The van der Waals surface area contributed by atoms with Gasteiger partial charge in [0, 0.05) is 20.0 Å². The van der Waals surface area contributed by atoms with Crippen LogP contribution in [0.3, 0.4) is 0 Å². The fourth-order valence-electron chi connectivity index (χ4n) is 1.11. The van der Waals surface area contributed by atoms with Crippen LogP contribution >= 0.6 is 55.2 Å². The van der Waals surface area contributed by atoms with Crippen LogP contribution < -0.4 is 0 Å². The summed E-state index contributed by atoms with van der Waals surface area (Å²) in [7, 11) is 0. The van der Waals surface area contributed by atoms with Crippen LogP contribution in [-0.4, -0.2) is 4.98 Å². The molecule has 0 N–H and O–H groups in total. The molecule has 0 saturated heterocycles. The highest BCUT2D eigenvalue weighted by Crippen LogP contribution is 2.36. The zero-order chi connectivity index (χ0) is 11.5. The summed E-state index contributed by atoms with van der Waals surface area (Å²) in [5.74, 6) is 0. The minimum absolute atomic E-state index is 0.648. The lowest BCUT2D eigenvalue weighted by Crippen LogP contribution is -1.82. The molecule has 0 aliphatic rings. The smallest absolute Gasteiger partial charge is 0.119 e. The molecule has 0 amide bonds. The summed E-state index contributed by atoms with van der Waals surface area (Å²) in [4.78, 5) is 5.37. The van der Waals surface area contributed by atoms with Gasteiger partial charge in [-0.3, -0.25) is 0 Å². The summed E-state index contributed by atoms with van der Waals surface area (Å²) in [5.41, 5.74) is 0. The van der Waals surface area contributed by atoms with E-state index >= 15 is 0 Å². The predicted molar refractivity (Wildman–Crippen MR) is 75.2 cm³/mol. The number of halogens is 3. The van der Waals surface area contributed by atoms with E-state index in [4.69, 9.17) is 11.6 Å². The molecule has 16 heavy (non-hydrogen) atoms. The van der Waals surface area contributed by atoms with E-state index in [2.05, 4.69) is 36.8 Å². The molecular formula is C11H6Br2ClNS. The fourth-order valence-corrected chi connectivity index (χ4v) is 3.16. The first-order valence-electron chi connectivity index (χ1n) is 4.40. The highest BCUT2D eigenvalue weighted by molar-refractivity contribution is 9.10. The number of nitrogens with zero attached hydrogens (tertiary/aromatic N) is 1. The molecule has 82 valence electrons. The summed E-state index contributed by atoms with van der Waals surface area (Å²) in [6.07, 6.45) is 1.74. The molecule has 0 radical (unpaired) electrons. The molecule has 1 nitrogen and oxygen atoms in total. The maximum atomic E-state index is 6.10. The van der Waals surface area contributed by atoms with Gasteiger partial charge < -0.3 is 0 Å². The van der Waals surface area contributed by atoms with E-state index in [0.29, 0.717) is 5.02 Å². The van der Waals surface area contributed by atoms with Gasteiger partial charge in [0.25, 0.3) is 0 Å². The minimum atomic E-state index is 0.648. The van der Waals surface area contributed by atoms with Gasteiger partial charge >= 0.3 is 0 Å². The van der Waals surface area contributed by atoms with Gasteiger partial charge in [-0.25, -0.2) is 4.98 Å². The Bertz CT molecular complexity index is 519. The van der Waals surface area contributed by atoms with Crippen molar-refractivity contribution in [3.05, 3.63) is 50.5 Å². The molecule has 0 spiro atoms. The zero-order valence-corrected chi connectivity index (χ0v) is 12.7. The van der Waals surface area contributed by atoms with Crippen molar-refractivity contribution in [1.29, 1.82) is 0 Å². The Hall–Kier alpha value is -0.0300. The first kappa shape index (κ1) is 12.4.